The zero-order chi connectivity index (χ0) is 21.6. The van der Waals surface area contributed by atoms with Gasteiger partial charge in [-0.3, -0.25) is 4.57 Å². The molecule has 0 unspecified atom stereocenters. The van der Waals surface area contributed by atoms with E-state index in [1.165, 1.54) is 27.7 Å². The van der Waals surface area contributed by atoms with Gasteiger partial charge in [-0.15, -0.1) is 12.6 Å². The first-order valence-corrected chi connectivity index (χ1v) is 11.0. The van der Waals surface area contributed by atoms with Crippen LogP contribution in [0.2, 0.25) is 0 Å². The van der Waals surface area contributed by atoms with E-state index >= 15 is 0 Å². The quantitative estimate of drug-likeness (QED) is 0.368. The van der Waals surface area contributed by atoms with Crippen molar-refractivity contribution in [3.8, 4) is 22.7 Å². The summed E-state index contributed by atoms with van der Waals surface area (Å²) in [5.41, 5.74) is 8.80. The number of phenols is 1. The third-order valence-electron chi connectivity index (χ3n) is 6.18. The topological polar surface area (TPSA) is 43.0 Å². The fourth-order valence-electron chi connectivity index (χ4n) is 4.40. The number of benzene rings is 2. The van der Waals surface area contributed by atoms with Crippen LogP contribution in [-0.2, 0) is 13.0 Å². The van der Waals surface area contributed by atoms with Crippen molar-refractivity contribution in [2.75, 3.05) is 0 Å². The van der Waals surface area contributed by atoms with Crippen LogP contribution in [0.3, 0.4) is 0 Å². The third kappa shape index (κ3) is 3.21. The van der Waals surface area contributed by atoms with Crippen molar-refractivity contribution in [3.05, 3.63) is 58.9 Å². The Morgan fingerprint density at radius 2 is 1.83 bits per heavy atom. The van der Waals surface area contributed by atoms with Gasteiger partial charge in [0.25, 0.3) is 0 Å². The highest BCUT2D eigenvalue weighted by atomic mass is 32.1. The van der Waals surface area contributed by atoms with Crippen LogP contribution < -0.4 is 0 Å². The van der Waals surface area contributed by atoms with Crippen molar-refractivity contribution in [2.24, 2.45) is 0 Å². The van der Waals surface area contributed by atoms with E-state index in [1.807, 2.05) is 17.6 Å². The molecular weight excluding hydrogens is 390 g/mol. The number of thiol groups is 1. The minimum absolute atomic E-state index is 0.265. The summed E-state index contributed by atoms with van der Waals surface area (Å²) in [6.07, 6.45) is 3.80. The van der Waals surface area contributed by atoms with Crippen LogP contribution in [0, 0.1) is 20.8 Å². The van der Waals surface area contributed by atoms with E-state index < -0.39 is 0 Å². The van der Waals surface area contributed by atoms with E-state index in [0.29, 0.717) is 5.16 Å². The van der Waals surface area contributed by atoms with Crippen LogP contribution in [0.15, 0.2) is 41.7 Å². The zero-order valence-electron chi connectivity index (χ0n) is 18.3. The van der Waals surface area contributed by atoms with E-state index in [9.17, 15) is 5.11 Å². The van der Waals surface area contributed by atoms with Gasteiger partial charge in [0.2, 0.25) is 0 Å². The second-order valence-corrected chi connectivity index (χ2v) is 8.39. The Kier molecular flexibility index (Phi) is 5.41. The number of imidazole rings is 1. The Labute approximate surface area is 183 Å². The predicted molar refractivity (Wildman–Crippen MR) is 127 cm³/mol. The molecule has 2 heterocycles. The third-order valence-corrected chi connectivity index (χ3v) is 6.50. The first kappa shape index (κ1) is 20.6. The van der Waals surface area contributed by atoms with Gasteiger partial charge in [0.1, 0.15) is 5.75 Å². The van der Waals surface area contributed by atoms with E-state index in [2.05, 4.69) is 74.1 Å². The lowest BCUT2D eigenvalue weighted by atomic mass is 10.00. The van der Waals surface area contributed by atoms with Crippen molar-refractivity contribution in [1.29, 1.82) is 0 Å². The van der Waals surface area contributed by atoms with E-state index in [0.717, 1.165) is 41.9 Å². The van der Waals surface area contributed by atoms with Gasteiger partial charge in [-0.1, -0.05) is 13.8 Å². The van der Waals surface area contributed by atoms with Gasteiger partial charge >= 0.3 is 0 Å². The van der Waals surface area contributed by atoms with Gasteiger partial charge in [0.05, 0.1) is 11.9 Å². The van der Waals surface area contributed by atoms with Crippen LogP contribution in [0.5, 0.6) is 5.75 Å². The molecular formula is C25H29N3OS. The molecule has 0 amide bonds. The van der Waals surface area contributed by atoms with Gasteiger partial charge in [-0.05, 0) is 80.6 Å². The molecule has 2 aromatic carbocycles. The predicted octanol–water partition coefficient (Wildman–Crippen LogP) is 6.39. The van der Waals surface area contributed by atoms with Gasteiger partial charge in [-0.2, -0.15) is 0 Å². The van der Waals surface area contributed by atoms with Gasteiger partial charge in [-0.25, -0.2) is 4.98 Å². The highest BCUT2D eigenvalue weighted by Crippen LogP contribution is 2.36. The Bertz CT molecular complexity index is 1250. The molecule has 4 nitrogen and oxygen atoms in total. The number of phenolic OH excluding ortho intramolecular Hbond substituents is 1. The van der Waals surface area contributed by atoms with Crippen molar-refractivity contribution in [1.82, 2.24) is 14.1 Å². The molecule has 0 bridgehead atoms. The highest BCUT2D eigenvalue weighted by Gasteiger charge is 2.18. The minimum atomic E-state index is 0.265. The summed E-state index contributed by atoms with van der Waals surface area (Å²) in [7, 11) is 0. The van der Waals surface area contributed by atoms with Gasteiger partial charge in [0.15, 0.2) is 5.16 Å². The standard InChI is InChI=1S/C25H29N3OS/c1-6-10-27-17(5)16(4)20-13-19(8-9-22(20)27)28-23(14-26-25(28)30)21-12-18(7-2)15(3)11-24(21)29/h8-9,11-14,29H,6-7,10H2,1-5H3,(H,26,30). The number of aryl methyl sites for hydroxylation is 4. The molecule has 0 aliphatic heterocycles. The summed E-state index contributed by atoms with van der Waals surface area (Å²) in [5.74, 6) is 0.265. The van der Waals surface area contributed by atoms with Crippen molar-refractivity contribution in [2.45, 2.75) is 59.2 Å². The lowest BCUT2D eigenvalue weighted by molar-refractivity contribution is 0.476. The van der Waals surface area contributed by atoms with Crippen LogP contribution in [0.4, 0.5) is 0 Å². The van der Waals surface area contributed by atoms with E-state index in [4.69, 9.17) is 0 Å². The molecule has 2 aromatic heterocycles. The number of aromatic nitrogens is 3. The monoisotopic (exact) mass is 419 g/mol. The SMILES string of the molecule is CCCn1c(C)c(C)c2cc(-n3c(-c4cc(CC)c(C)cc4O)cnc3S)ccc21. The molecule has 0 saturated carbocycles. The minimum Gasteiger partial charge on any atom is -0.507 e. The number of hydrogen-bond donors (Lipinski definition) is 2. The largest absolute Gasteiger partial charge is 0.507 e. The molecule has 5 heteroatoms. The maximum atomic E-state index is 10.7. The lowest BCUT2D eigenvalue weighted by Crippen LogP contribution is -2.00. The summed E-state index contributed by atoms with van der Waals surface area (Å²) in [6, 6.07) is 10.4. The first-order chi connectivity index (χ1) is 14.4. The van der Waals surface area contributed by atoms with E-state index in [1.54, 1.807) is 6.20 Å². The molecule has 0 fully saturated rings. The molecule has 0 aliphatic rings. The lowest BCUT2D eigenvalue weighted by Gasteiger charge is -2.14. The number of nitrogens with zero attached hydrogens (tertiary/aromatic N) is 3. The smallest absolute Gasteiger partial charge is 0.169 e. The molecule has 4 rings (SSSR count). The maximum Gasteiger partial charge on any atom is 0.169 e. The Morgan fingerprint density at radius 3 is 2.53 bits per heavy atom. The van der Waals surface area contributed by atoms with Crippen LogP contribution in [-0.4, -0.2) is 19.2 Å². The van der Waals surface area contributed by atoms with Gasteiger partial charge < -0.3 is 9.67 Å². The average Bonchev–Trinajstić information content (AvgIpc) is 3.21. The Balaban J connectivity index is 1.92. The van der Waals surface area contributed by atoms with Crippen LogP contribution in [0.25, 0.3) is 27.8 Å². The Morgan fingerprint density at radius 1 is 1.07 bits per heavy atom. The number of rotatable bonds is 5. The van der Waals surface area contributed by atoms with E-state index in [-0.39, 0.29) is 5.75 Å². The summed E-state index contributed by atoms with van der Waals surface area (Å²) in [4.78, 5) is 4.45. The fourth-order valence-corrected chi connectivity index (χ4v) is 4.68. The van der Waals surface area contributed by atoms with Crippen molar-refractivity contribution in [3.63, 3.8) is 0 Å². The van der Waals surface area contributed by atoms with Gasteiger partial charge in [0, 0.05) is 34.4 Å². The Hall–Kier alpha value is -2.66. The van der Waals surface area contributed by atoms with Crippen molar-refractivity contribution >= 4 is 23.5 Å². The fraction of sp³-hybridized carbons (Fsp3) is 0.320. The molecule has 156 valence electrons. The molecule has 0 aliphatic carbocycles. The molecule has 4 aromatic rings. The molecule has 0 atom stereocenters. The molecule has 0 saturated heterocycles. The summed E-state index contributed by atoms with van der Waals surface area (Å²) in [6.45, 7) is 11.8. The number of fused-ring (bicyclic) bond motifs is 1. The molecule has 30 heavy (non-hydrogen) atoms. The van der Waals surface area contributed by atoms with Crippen molar-refractivity contribution < 1.29 is 5.11 Å². The molecule has 1 N–H and O–H groups in total. The second-order valence-electron chi connectivity index (χ2n) is 7.99. The number of hydrogen-bond acceptors (Lipinski definition) is 3. The van der Waals surface area contributed by atoms with Crippen LogP contribution >= 0.6 is 12.6 Å². The van der Waals surface area contributed by atoms with Crippen LogP contribution in [0.1, 0.15) is 42.7 Å². The summed E-state index contributed by atoms with van der Waals surface area (Å²) >= 11 is 4.63. The molecule has 0 radical (unpaired) electrons. The highest BCUT2D eigenvalue weighted by molar-refractivity contribution is 7.80. The maximum absolute atomic E-state index is 10.7. The molecule has 0 spiro atoms. The second kappa shape index (κ2) is 7.88. The summed E-state index contributed by atoms with van der Waals surface area (Å²) in [5, 5.41) is 12.5. The zero-order valence-corrected chi connectivity index (χ0v) is 19.2. The number of aromatic hydroxyl groups is 1. The normalized spacial score (nSPS) is 11.5. The average molecular weight is 420 g/mol. The first-order valence-electron chi connectivity index (χ1n) is 10.6. The summed E-state index contributed by atoms with van der Waals surface area (Å²) < 4.78 is 4.41.